The van der Waals surface area contributed by atoms with E-state index in [4.69, 9.17) is 10.5 Å². The Labute approximate surface area is 128 Å². The lowest BCUT2D eigenvalue weighted by Gasteiger charge is -2.13. The molecule has 0 fully saturated rings. The fourth-order valence-corrected chi connectivity index (χ4v) is 3.48. The molecule has 0 aliphatic heterocycles. The van der Waals surface area contributed by atoms with Crippen molar-refractivity contribution in [2.24, 2.45) is 5.73 Å². The minimum Gasteiger partial charge on any atom is -0.497 e. The van der Waals surface area contributed by atoms with Crippen LogP contribution >= 0.6 is 0 Å². The predicted molar refractivity (Wildman–Crippen MR) is 87.8 cm³/mol. The second kappa shape index (κ2) is 7.38. The first-order valence-electron chi connectivity index (χ1n) is 6.88. The van der Waals surface area contributed by atoms with Crippen LogP contribution in [0.5, 0.6) is 5.75 Å². The summed E-state index contributed by atoms with van der Waals surface area (Å²) < 4.78 is 17.4. The molecule has 0 bridgehead atoms. The van der Waals surface area contributed by atoms with Crippen LogP contribution in [0.2, 0.25) is 0 Å². The van der Waals surface area contributed by atoms with Crippen molar-refractivity contribution >= 4 is 10.8 Å². The molecule has 0 aliphatic rings. The van der Waals surface area contributed by atoms with Crippen LogP contribution in [0.4, 0.5) is 0 Å². The maximum atomic E-state index is 12.3. The van der Waals surface area contributed by atoms with E-state index < -0.39 is 10.8 Å². The van der Waals surface area contributed by atoms with Gasteiger partial charge in [0.1, 0.15) is 5.75 Å². The van der Waals surface area contributed by atoms with E-state index in [1.807, 2.05) is 49.4 Å². The minimum absolute atomic E-state index is 0.245. The smallest absolute Gasteiger partial charge is 0.119 e. The van der Waals surface area contributed by atoms with Crippen LogP contribution in [0, 0.1) is 6.92 Å². The van der Waals surface area contributed by atoms with Gasteiger partial charge in [0.2, 0.25) is 0 Å². The molecule has 21 heavy (non-hydrogen) atoms. The minimum atomic E-state index is -0.984. The zero-order valence-corrected chi connectivity index (χ0v) is 13.2. The Hall–Kier alpha value is -1.65. The molecule has 4 heteroatoms. The highest BCUT2D eigenvalue weighted by Crippen LogP contribution is 2.19. The molecule has 0 saturated carbocycles. The van der Waals surface area contributed by atoms with Crippen molar-refractivity contribution in [3.05, 3.63) is 65.2 Å². The van der Waals surface area contributed by atoms with Gasteiger partial charge >= 0.3 is 0 Å². The maximum Gasteiger partial charge on any atom is 0.119 e. The van der Waals surface area contributed by atoms with Crippen LogP contribution in [-0.2, 0) is 16.6 Å². The molecule has 0 aromatic heterocycles. The molecule has 2 N–H and O–H groups in total. The van der Waals surface area contributed by atoms with Gasteiger partial charge in [-0.25, -0.2) is 0 Å². The Balaban J connectivity index is 1.98. The Morgan fingerprint density at radius 2 is 1.95 bits per heavy atom. The van der Waals surface area contributed by atoms with Crippen LogP contribution in [-0.4, -0.2) is 17.1 Å². The molecule has 2 aromatic rings. The summed E-state index contributed by atoms with van der Waals surface area (Å²) in [6, 6.07) is 15.5. The molecule has 2 unspecified atom stereocenters. The van der Waals surface area contributed by atoms with Gasteiger partial charge in [-0.1, -0.05) is 42.0 Å². The fraction of sp³-hybridized carbons (Fsp3) is 0.294. The molecule has 0 radical (unpaired) electrons. The number of benzene rings is 2. The fourth-order valence-electron chi connectivity index (χ4n) is 2.22. The quantitative estimate of drug-likeness (QED) is 0.892. The highest BCUT2D eigenvalue weighted by molar-refractivity contribution is 7.84. The van der Waals surface area contributed by atoms with E-state index >= 15 is 0 Å². The van der Waals surface area contributed by atoms with E-state index in [-0.39, 0.29) is 6.04 Å². The summed E-state index contributed by atoms with van der Waals surface area (Å²) in [5, 5.41) is 0. The Morgan fingerprint density at radius 3 is 2.67 bits per heavy atom. The molecule has 0 saturated heterocycles. The van der Waals surface area contributed by atoms with E-state index in [0.717, 1.165) is 16.9 Å². The second-order valence-corrected chi connectivity index (χ2v) is 6.62. The Morgan fingerprint density at radius 1 is 1.19 bits per heavy atom. The number of nitrogens with two attached hydrogens (primary N) is 1. The zero-order chi connectivity index (χ0) is 15.2. The zero-order valence-electron chi connectivity index (χ0n) is 12.4. The van der Waals surface area contributed by atoms with Crippen molar-refractivity contribution in [3.8, 4) is 5.75 Å². The van der Waals surface area contributed by atoms with Crippen molar-refractivity contribution < 1.29 is 8.95 Å². The summed E-state index contributed by atoms with van der Waals surface area (Å²) in [5.74, 6) is 1.76. The first kappa shape index (κ1) is 15.7. The van der Waals surface area contributed by atoms with Gasteiger partial charge in [-0.05, 0) is 30.2 Å². The first-order chi connectivity index (χ1) is 10.1. The van der Waals surface area contributed by atoms with Gasteiger partial charge in [-0.3, -0.25) is 4.21 Å². The summed E-state index contributed by atoms with van der Waals surface area (Å²) in [7, 11) is 0.641. The van der Waals surface area contributed by atoms with Crippen LogP contribution < -0.4 is 10.5 Å². The number of rotatable bonds is 6. The lowest BCUT2D eigenvalue weighted by Crippen LogP contribution is -2.19. The third-order valence-electron chi connectivity index (χ3n) is 3.30. The van der Waals surface area contributed by atoms with Gasteiger partial charge < -0.3 is 10.5 Å². The first-order valence-corrected chi connectivity index (χ1v) is 8.37. The largest absolute Gasteiger partial charge is 0.497 e. The molecule has 112 valence electrons. The average Bonchev–Trinajstić information content (AvgIpc) is 2.47. The molecular weight excluding hydrogens is 282 g/mol. The Bertz CT molecular complexity index is 628. The standard InChI is InChI=1S/C17H21NO2S/c1-13-5-3-6-14(9-13)11-21(19)12-17(18)15-7-4-8-16(10-15)20-2/h3-10,17H,11-12,18H2,1-2H3. The third-order valence-corrected chi connectivity index (χ3v) is 4.68. The van der Waals surface area contributed by atoms with Gasteiger partial charge in [-0.2, -0.15) is 0 Å². The second-order valence-electron chi connectivity index (χ2n) is 5.12. The summed E-state index contributed by atoms with van der Waals surface area (Å²) in [5.41, 5.74) is 9.38. The number of ether oxygens (including phenoxy) is 1. The highest BCUT2D eigenvalue weighted by atomic mass is 32.2. The Kier molecular flexibility index (Phi) is 5.53. The topological polar surface area (TPSA) is 52.3 Å². The third kappa shape index (κ3) is 4.69. The summed E-state index contributed by atoms with van der Waals surface area (Å²) in [4.78, 5) is 0. The van der Waals surface area contributed by atoms with Gasteiger partial charge in [-0.15, -0.1) is 0 Å². The molecule has 2 aromatic carbocycles. The van der Waals surface area contributed by atoms with Crippen molar-refractivity contribution in [1.82, 2.24) is 0 Å². The number of hydrogen-bond acceptors (Lipinski definition) is 3. The SMILES string of the molecule is COc1cccc(C(N)CS(=O)Cc2cccc(C)c2)c1. The van der Waals surface area contributed by atoms with E-state index in [1.54, 1.807) is 7.11 Å². The monoisotopic (exact) mass is 303 g/mol. The van der Waals surface area contributed by atoms with Crippen molar-refractivity contribution in [1.29, 1.82) is 0 Å². The van der Waals surface area contributed by atoms with E-state index in [1.165, 1.54) is 5.56 Å². The molecule has 0 spiro atoms. The van der Waals surface area contributed by atoms with E-state index in [2.05, 4.69) is 6.07 Å². The van der Waals surface area contributed by atoms with Crippen molar-refractivity contribution in [2.75, 3.05) is 12.9 Å². The van der Waals surface area contributed by atoms with Crippen LogP contribution in [0.3, 0.4) is 0 Å². The average molecular weight is 303 g/mol. The van der Waals surface area contributed by atoms with E-state index in [0.29, 0.717) is 11.5 Å². The summed E-state index contributed by atoms with van der Waals surface area (Å²) in [6.07, 6.45) is 0. The van der Waals surface area contributed by atoms with Crippen molar-refractivity contribution in [2.45, 2.75) is 18.7 Å². The normalized spacial score (nSPS) is 13.7. The van der Waals surface area contributed by atoms with Gasteiger partial charge in [0.15, 0.2) is 0 Å². The molecule has 2 rings (SSSR count). The number of hydrogen-bond donors (Lipinski definition) is 1. The molecule has 0 amide bonds. The molecule has 3 nitrogen and oxygen atoms in total. The highest BCUT2D eigenvalue weighted by Gasteiger charge is 2.12. The molecule has 0 aliphatic carbocycles. The van der Waals surface area contributed by atoms with Gasteiger partial charge in [0.25, 0.3) is 0 Å². The molecule has 2 atom stereocenters. The molecule has 0 heterocycles. The van der Waals surface area contributed by atoms with Crippen LogP contribution in [0.25, 0.3) is 0 Å². The van der Waals surface area contributed by atoms with Crippen LogP contribution in [0.1, 0.15) is 22.7 Å². The summed E-state index contributed by atoms with van der Waals surface area (Å²) >= 11 is 0. The lowest BCUT2D eigenvalue weighted by molar-refractivity contribution is 0.414. The summed E-state index contributed by atoms with van der Waals surface area (Å²) in [6.45, 7) is 2.04. The maximum absolute atomic E-state index is 12.3. The van der Waals surface area contributed by atoms with E-state index in [9.17, 15) is 4.21 Å². The van der Waals surface area contributed by atoms with Crippen molar-refractivity contribution in [3.63, 3.8) is 0 Å². The number of methoxy groups -OCH3 is 1. The number of aryl methyl sites for hydroxylation is 1. The molecular formula is C17H21NO2S. The van der Waals surface area contributed by atoms with Gasteiger partial charge in [0, 0.05) is 28.3 Å². The lowest BCUT2D eigenvalue weighted by atomic mass is 10.1. The predicted octanol–water partition coefficient (Wildman–Crippen LogP) is 2.95. The van der Waals surface area contributed by atoms with Crippen LogP contribution in [0.15, 0.2) is 48.5 Å². The van der Waals surface area contributed by atoms with Gasteiger partial charge in [0.05, 0.1) is 7.11 Å².